The van der Waals surface area contributed by atoms with Crippen LogP contribution in [0.4, 0.5) is 5.69 Å². The second kappa shape index (κ2) is 8.29. The zero-order valence-corrected chi connectivity index (χ0v) is 14.4. The maximum atomic E-state index is 12.6. The van der Waals surface area contributed by atoms with Crippen LogP contribution in [0.25, 0.3) is 0 Å². The number of hydrogen-bond acceptors (Lipinski definition) is 4. The Balaban J connectivity index is 1.93. The van der Waals surface area contributed by atoms with Gasteiger partial charge in [-0.3, -0.25) is 4.79 Å². The summed E-state index contributed by atoms with van der Waals surface area (Å²) in [6, 6.07) is 3.60. The Morgan fingerprint density at radius 3 is 2.65 bits per heavy atom. The van der Waals surface area contributed by atoms with Crippen LogP contribution < -0.4 is 10.1 Å². The van der Waals surface area contributed by atoms with Crippen molar-refractivity contribution in [2.45, 2.75) is 58.5 Å². The first-order valence-electron chi connectivity index (χ1n) is 8.64. The topological polar surface area (TPSA) is 60.5 Å². The van der Waals surface area contributed by atoms with Gasteiger partial charge in [-0.15, -0.1) is 0 Å². The third-order valence-electron chi connectivity index (χ3n) is 4.16. The summed E-state index contributed by atoms with van der Waals surface area (Å²) in [5, 5.41) is 2.93. The van der Waals surface area contributed by atoms with E-state index in [4.69, 9.17) is 9.47 Å². The van der Waals surface area contributed by atoms with Crippen molar-refractivity contribution in [3.8, 4) is 5.88 Å². The lowest BCUT2D eigenvalue weighted by Gasteiger charge is -2.28. The molecule has 1 aliphatic rings. The fraction of sp³-hybridized carbons (Fsp3) is 0.667. The van der Waals surface area contributed by atoms with Crippen molar-refractivity contribution >= 4 is 11.6 Å². The van der Waals surface area contributed by atoms with Crippen molar-refractivity contribution in [2.75, 3.05) is 18.5 Å². The fourth-order valence-corrected chi connectivity index (χ4v) is 2.43. The van der Waals surface area contributed by atoms with E-state index in [0.29, 0.717) is 30.7 Å². The van der Waals surface area contributed by atoms with E-state index in [0.717, 1.165) is 32.1 Å². The summed E-state index contributed by atoms with van der Waals surface area (Å²) in [6.07, 6.45) is 6.74. The van der Waals surface area contributed by atoms with E-state index in [9.17, 15) is 4.79 Å². The molecule has 1 N–H and O–H groups in total. The molecule has 1 aromatic rings. The number of hydrogen-bond donors (Lipinski definition) is 1. The molecule has 0 unspecified atom stereocenters. The summed E-state index contributed by atoms with van der Waals surface area (Å²) in [6.45, 7) is 7.33. The zero-order valence-electron chi connectivity index (χ0n) is 14.4. The lowest BCUT2D eigenvalue weighted by Crippen LogP contribution is -2.45. The maximum Gasteiger partial charge on any atom is 0.256 e. The first kappa shape index (κ1) is 17.7. The van der Waals surface area contributed by atoms with Crippen LogP contribution in [0.5, 0.6) is 5.88 Å². The van der Waals surface area contributed by atoms with Crippen LogP contribution >= 0.6 is 0 Å². The van der Waals surface area contributed by atoms with Gasteiger partial charge in [0, 0.05) is 12.7 Å². The Bertz CT molecular complexity index is 499. The molecule has 1 atom stereocenters. The molecule has 5 heteroatoms. The largest absolute Gasteiger partial charge is 0.478 e. The van der Waals surface area contributed by atoms with Crippen LogP contribution in [0.3, 0.4) is 0 Å². The molecule has 0 aromatic carbocycles. The molecule has 1 aliphatic carbocycles. The minimum absolute atomic E-state index is 0.0881. The van der Waals surface area contributed by atoms with Gasteiger partial charge in [0.15, 0.2) is 0 Å². The van der Waals surface area contributed by atoms with Crippen molar-refractivity contribution < 1.29 is 14.3 Å². The van der Waals surface area contributed by atoms with Crippen LogP contribution in [0.2, 0.25) is 0 Å². The number of aromatic nitrogens is 1. The third-order valence-corrected chi connectivity index (χ3v) is 4.16. The number of rotatable bonds is 10. The van der Waals surface area contributed by atoms with Gasteiger partial charge in [-0.05, 0) is 44.6 Å². The molecule has 0 spiro atoms. The average Bonchev–Trinajstić information content (AvgIpc) is 3.39. The summed E-state index contributed by atoms with van der Waals surface area (Å²) in [7, 11) is 0. The Morgan fingerprint density at radius 2 is 2.09 bits per heavy atom. The van der Waals surface area contributed by atoms with Crippen molar-refractivity contribution in [3.05, 3.63) is 18.3 Å². The third kappa shape index (κ3) is 4.93. The highest BCUT2D eigenvalue weighted by molar-refractivity contribution is 5.97. The van der Waals surface area contributed by atoms with Crippen LogP contribution in [0.1, 0.15) is 52.9 Å². The standard InChI is InChI=1S/C18H28N2O3/c1-4-6-12-22-16-10-9-15(13-19-16)20-17(21)18(3,14-7-8-14)23-11-5-2/h9-10,13-14H,4-8,11-12H2,1-3H3,(H,20,21)/t18-/m0/s1. The normalized spacial score (nSPS) is 16.7. The minimum atomic E-state index is -0.744. The fourth-order valence-electron chi connectivity index (χ4n) is 2.43. The van der Waals surface area contributed by atoms with Crippen LogP contribution in [-0.2, 0) is 9.53 Å². The van der Waals surface area contributed by atoms with Gasteiger partial charge in [-0.25, -0.2) is 4.98 Å². The number of ether oxygens (including phenoxy) is 2. The van der Waals surface area contributed by atoms with Gasteiger partial charge in [0.25, 0.3) is 5.91 Å². The highest BCUT2D eigenvalue weighted by atomic mass is 16.5. The van der Waals surface area contributed by atoms with Crippen molar-refractivity contribution in [3.63, 3.8) is 0 Å². The molecule has 0 saturated heterocycles. The summed E-state index contributed by atoms with van der Waals surface area (Å²) in [5.41, 5.74) is -0.0726. The highest BCUT2D eigenvalue weighted by Gasteiger charge is 2.48. The number of nitrogens with one attached hydrogen (secondary N) is 1. The van der Waals surface area contributed by atoms with Gasteiger partial charge in [0.1, 0.15) is 5.60 Å². The molecule has 5 nitrogen and oxygen atoms in total. The Kier molecular flexibility index (Phi) is 6.39. The molecular formula is C18H28N2O3. The van der Waals surface area contributed by atoms with E-state index in [1.54, 1.807) is 12.3 Å². The number of carbonyl (C=O) groups is 1. The van der Waals surface area contributed by atoms with Crippen LogP contribution in [-0.4, -0.2) is 29.7 Å². The van der Waals surface area contributed by atoms with Crippen molar-refractivity contribution in [1.29, 1.82) is 0 Å². The van der Waals surface area contributed by atoms with E-state index in [1.165, 1.54) is 0 Å². The van der Waals surface area contributed by atoms with E-state index in [-0.39, 0.29) is 5.91 Å². The quantitative estimate of drug-likeness (QED) is 0.666. The van der Waals surface area contributed by atoms with Gasteiger partial charge in [0.2, 0.25) is 5.88 Å². The first-order chi connectivity index (χ1) is 11.1. The van der Waals surface area contributed by atoms with E-state index in [1.807, 2.05) is 19.9 Å². The van der Waals surface area contributed by atoms with Crippen molar-refractivity contribution in [1.82, 2.24) is 4.98 Å². The molecule has 1 amide bonds. The Labute approximate surface area is 138 Å². The first-order valence-corrected chi connectivity index (χ1v) is 8.64. The summed E-state index contributed by atoms with van der Waals surface area (Å²) >= 11 is 0. The number of nitrogens with zero attached hydrogens (tertiary/aromatic N) is 1. The highest BCUT2D eigenvalue weighted by Crippen LogP contribution is 2.42. The van der Waals surface area contributed by atoms with Gasteiger partial charge in [-0.2, -0.15) is 0 Å². The second-order valence-electron chi connectivity index (χ2n) is 6.27. The number of amides is 1. The van der Waals surface area contributed by atoms with E-state index >= 15 is 0 Å². The lowest BCUT2D eigenvalue weighted by molar-refractivity contribution is -0.142. The molecule has 128 valence electrons. The second-order valence-corrected chi connectivity index (χ2v) is 6.27. The zero-order chi connectivity index (χ0) is 16.7. The van der Waals surface area contributed by atoms with Gasteiger partial charge in [0.05, 0.1) is 18.5 Å². The van der Waals surface area contributed by atoms with Crippen LogP contribution in [0, 0.1) is 5.92 Å². The number of anilines is 1. The molecule has 0 bridgehead atoms. The monoisotopic (exact) mass is 320 g/mol. The molecule has 23 heavy (non-hydrogen) atoms. The van der Waals surface area contributed by atoms with E-state index in [2.05, 4.69) is 17.2 Å². The predicted molar refractivity (Wildman–Crippen MR) is 90.6 cm³/mol. The maximum absolute atomic E-state index is 12.6. The lowest BCUT2D eigenvalue weighted by atomic mass is 9.99. The summed E-state index contributed by atoms with van der Waals surface area (Å²) < 4.78 is 11.4. The molecule has 0 aliphatic heterocycles. The average molecular weight is 320 g/mol. The predicted octanol–water partition coefficient (Wildman–Crippen LogP) is 3.79. The Morgan fingerprint density at radius 1 is 1.30 bits per heavy atom. The SMILES string of the molecule is CCCCOc1ccc(NC(=O)[C@@](C)(OCCC)C2CC2)cn1. The summed E-state index contributed by atoms with van der Waals surface area (Å²) in [5.74, 6) is 0.817. The molecule has 0 radical (unpaired) electrons. The smallest absolute Gasteiger partial charge is 0.256 e. The van der Waals surface area contributed by atoms with E-state index < -0.39 is 5.60 Å². The number of pyridine rings is 1. The molecule has 1 heterocycles. The summed E-state index contributed by atoms with van der Waals surface area (Å²) in [4.78, 5) is 16.9. The number of unbranched alkanes of at least 4 members (excludes halogenated alkanes) is 1. The van der Waals surface area contributed by atoms with Gasteiger partial charge >= 0.3 is 0 Å². The van der Waals surface area contributed by atoms with Gasteiger partial charge < -0.3 is 14.8 Å². The van der Waals surface area contributed by atoms with Gasteiger partial charge in [-0.1, -0.05) is 20.3 Å². The molecular weight excluding hydrogens is 292 g/mol. The molecule has 1 fully saturated rings. The van der Waals surface area contributed by atoms with Crippen LogP contribution in [0.15, 0.2) is 18.3 Å². The molecule has 2 rings (SSSR count). The number of carbonyl (C=O) groups excluding carboxylic acids is 1. The molecule has 1 aromatic heterocycles. The minimum Gasteiger partial charge on any atom is -0.478 e. The Hall–Kier alpha value is -1.62. The molecule has 1 saturated carbocycles. The van der Waals surface area contributed by atoms with Crippen molar-refractivity contribution in [2.24, 2.45) is 5.92 Å².